The number of benzene rings is 3. The maximum absolute atomic E-state index is 6.03. The molecular weight excluding hydrogens is 488 g/mol. The first-order valence-corrected chi connectivity index (χ1v) is 13.5. The number of nitrogens with one attached hydrogen (secondary N) is 2. The number of fused-ring (bicyclic) bond motifs is 1. The summed E-state index contributed by atoms with van der Waals surface area (Å²) in [4.78, 5) is 8.95. The Balaban J connectivity index is 1.03. The molecule has 2 aromatic heterocycles. The minimum atomic E-state index is 0.581. The van der Waals surface area contributed by atoms with E-state index < -0.39 is 0 Å². The second-order valence-corrected chi connectivity index (χ2v) is 9.24. The molecule has 5 aromatic rings. The molecule has 0 aliphatic heterocycles. The van der Waals surface area contributed by atoms with E-state index >= 15 is 0 Å². The van der Waals surface area contributed by atoms with Gasteiger partial charge >= 0.3 is 0 Å². The molecule has 0 radical (unpaired) electrons. The molecule has 39 heavy (non-hydrogen) atoms. The topological polar surface area (TPSA) is 81.4 Å². The van der Waals surface area contributed by atoms with Gasteiger partial charge in [0.05, 0.1) is 18.9 Å². The highest BCUT2D eigenvalue weighted by Crippen LogP contribution is 2.28. The van der Waals surface area contributed by atoms with E-state index in [1.54, 1.807) is 0 Å². The minimum Gasteiger partial charge on any atom is -0.494 e. The van der Waals surface area contributed by atoms with Crippen LogP contribution in [0.5, 0.6) is 11.5 Å². The molecule has 7 nitrogen and oxygen atoms in total. The Hall–Kier alpha value is -4.20. The highest BCUT2D eigenvalue weighted by atomic mass is 16.5. The molecule has 0 aliphatic carbocycles. The summed E-state index contributed by atoms with van der Waals surface area (Å²) in [5.41, 5.74) is 4.74. The molecule has 0 fully saturated rings. The molecule has 0 saturated heterocycles. The fourth-order valence-electron chi connectivity index (χ4n) is 4.13. The van der Waals surface area contributed by atoms with Gasteiger partial charge in [0.1, 0.15) is 17.0 Å². The van der Waals surface area contributed by atoms with Gasteiger partial charge in [-0.2, -0.15) is 0 Å². The van der Waals surface area contributed by atoms with Crippen LogP contribution in [-0.2, 0) is 13.1 Å². The van der Waals surface area contributed by atoms with Gasteiger partial charge in [-0.15, -0.1) is 0 Å². The normalized spacial score (nSPS) is 11.1. The number of ether oxygens (including phenoxy) is 2. The number of nitrogens with zero attached hydrogens (tertiary/aromatic N) is 2. The summed E-state index contributed by atoms with van der Waals surface area (Å²) < 4.78 is 17.8. The highest BCUT2D eigenvalue weighted by molar-refractivity contribution is 5.77. The fourth-order valence-corrected chi connectivity index (χ4v) is 4.13. The Labute approximate surface area is 229 Å². The molecule has 7 heteroatoms. The molecule has 0 atom stereocenters. The first kappa shape index (κ1) is 26.4. The van der Waals surface area contributed by atoms with Crippen LogP contribution in [0.4, 0.5) is 0 Å². The van der Waals surface area contributed by atoms with Gasteiger partial charge in [0, 0.05) is 30.9 Å². The zero-order valence-electron chi connectivity index (χ0n) is 22.0. The number of hydrogen-bond acceptors (Lipinski definition) is 7. The van der Waals surface area contributed by atoms with Crippen LogP contribution in [0.15, 0.2) is 102 Å². The molecule has 2 heterocycles. The third kappa shape index (κ3) is 8.14. The fraction of sp³-hybridized carbons (Fsp3) is 0.250. The van der Waals surface area contributed by atoms with E-state index in [-0.39, 0.29) is 0 Å². The van der Waals surface area contributed by atoms with Crippen molar-refractivity contribution in [3.63, 3.8) is 0 Å². The highest BCUT2D eigenvalue weighted by Gasteiger charge is 2.10. The Bertz CT molecular complexity index is 1410. The van der Waals surface area contributed by atoms with Gasteiger partial charge in [-0.1, -0.05) is 36.4 Å². The smallest absolute Gasteiger partial charge is 0.227 e. The van der Waals surface area contributed by atoms with Crippen molar-refractivity contribution < 1.29 is 13.9 Å². The average Bonchev–Trinajstić information content (AvgIpc) is 3.42. The van der Waals surface area contributed by atoms with Crippen LogP contribution in [0.25, 0.3) is 22.6 Å². The summed E-state index contributed by atoms with van der Waals surface area (Å²) in [6.45, 7) is 4.67. The molecular formula is C32H34N4O3. The first-order chi connectivity index (χ1) is 19.3. The molecule has 0 amide bonds. The van der Waals surface area contributed by atoms with Gasteiger partial charge in [0.15, 0.2) is 5.58 Å². The van der Waals surface area contributed by atoms with E-state index in [1.165, 1.54) is 5.56 Å². The van der Waals surface area contributed by atoms with Gasteiger partial charge in [-0.05, 0) is 80.0 Å². The van der Waals surface area contributed by atoms with Crippen molar-refractivity contribution in [3.8, 4) is 23.0 Å². The van der Waals surface area contributed by atoms with Gasteiger partial charge < -0.3 is 24.5 Å². The second kappa shape index (κ2) is 14.1. The van der Waals surface area contributed by atoms with Crippen molar-refractivity contribution in [2.24, 2.45) is 0 Å². The van der Waals surface area contributed by atoms with E-state index in [0.717, 1.165) is 67.3 Å². The average molecular weight is 523 g/mol. The molecule has 0 spiro atoms. The van der Waals surface area contributed by atoms with E-state index in [1.807, 2.05) is 72.9 Å². The number of hydrogen-bond donors (Lipinski definition) is 2. The predicted octanol–water partition coefficient (Wildman–Crippen LogP) is 6.01. The lowest BCUT2D eigenvalue weighted by Crippen LogP contribution is -2.17. The number of pyridine rings is 1. The lowest BCUT2D eigenvalue weighted by molar-refractivity contribution is 0.308. The van der Waals surface area contributed by atoms with E-state index in [4.69, 9.17) is 13.9 Å². The quantitative estimate of drug-likeness (QED) is 0.163. The summed E-state index contributed by atoms with van der Waals surface area (Å²) in [5.74, 6) is 2.19. The molecule has 0 aliphatic rings. The van der Waals surface area contributed by atoms with Crippen molar-refractivity contribution in [2.75, 3.05) is 26.3 Å². The van der Waals surface area contributed by atoms with Crippen molar-refractivity contribution >= 4 is 11.1 Å². The second-order valence-electron chi connectivity index (χ2n) is 9.24. The molecule has 2 N–H and O–H groups in total. The zero-order chi connectivity index (χ0) is 26.5. The standard InChI is InChI=1S/C32H34N4O3/c1-2-8-25(9-3-1)23-33-17-6-20-37-28-13-11-26(12-14-28)32-36-30-16-15-29(22-31(30)39-32)38-21-7-18-34-24-27-10-4-5-19-35-27/h1-5,8-16,19,22,33-34H,6-7,17-18,20-21,23-24H2. The largest absolute Gasteiger partial charge is 0.494 e. The van der Waals surface area contributed by atoms with Crippen LogP contribution >= 0.6 is 0 Å². The van der Waals surface area contributed by atoms with Crippen LogP contribution in [0.3, 0.4) is 0 Å². The predicted molar refractivity (Wildman–Crippen MR) is 154 cm³/mol. The summed E-state index contributed by atoms with van der Waals surface area (Å²) in [6, 6.07) is 30.0. The van der Waals surface area contributed by atoms with Crippen LogP contribution in [0, 0.1) is 0 Å². The molecule has 3 aromatic carbocycles. The van der Waals surface area contributed by atoms with Crippen molar-refractivity contribution in [1.82, 2.24) is 20.6 Å². The SMILES string of the molecule is c1ccc(CNCCCOc2ccc(-c3nc4ccc(OCCCNCc5ccccn5)cc4o3)cc2)cc1. The van der Waals surface area contributed by atoms with Crippen molar-refractivity contribution in [2.45, 2.75) is 25.9 Å². The molecule has 0 unspecified atom stereocenters. The van der Waals surface area contributed by atoms with Gasteiger partial charge in [0.2, 0.25) is 5.89 Å². The third-order valence-electron chi connectivity index (χ3n) is 6.20. The number of oxazole rings is 1. The number of aromatic nitrogens is 2. The molecule has 0 bridgehead atoms. The summed E-state index contributed by atoms with van der Waals surface area (Å²) in [5, 5.41) is 6.83. The van der Waals surface area contributed by atoms with Crippen LogP contribution in [-0.4, -0.2) is 36.3 Å². The summed E-state index contributed by atoms with van der Waals surface area (Å²) >= 11 is 0. The minimum absolute atomic E-state index is 0.581. The van der Waals surface area contributed by atoms with Gasteiger partial charge in [-0.25, -0.2) is 4.98 Å². The summed E-state index contributed by atoms with van der Waals surface area (Å²) in [6.07, 6.45) is 3.64. The van der Waals surface area contributed by atoms with Crippen LogP contribution < -0.4 is 20.1 Å². The van der Waals surface area contributed by atoms with Crippen LogP contribution in [0.2, 0.25) is 0 Å². The first-order valence-electron chi connectivity index (χ1n) is 13.5. The summed E-state index contributed by atoms with van der Waals surface area (Å²) in [7, 11) is 0. The van der Waals surface area contributed by atoms with E-state index in [9.17, 15) is 0 Å². The van der Waals surface area contributed by atoms with Gasteiger partial charge in [-0.3, -0.25) is 4.98 Å². The third-order valence-corrected chi connectivity index (χ3v) is 6.20. The molecule has 5 rings (SSSR count). The van der Waals surface area contributed by atoms with Crippen LogP contribution in [0.1, 0.15) is 24.1 Å². The monoisotopic (exact) mass is 522 g/mol. The van der Waals surface area contributed by atoms with Crippen molar-refractivity contribution in [1.29, 1.82) is 0 Å². The van der Waals surface area contributed by atoms with E-state index in [2.05, 4.69) is 44.9 Å². The Morgan fingerprint density at radius 1 is 0.692 bits per heavy atom. The maximum Gasteiger partial charge on any atom is 0.227 e. The maximum atomic E-state index is 6.03. The number of rotatable bonds is 15. The van der Waals surface area contributed by atoms with E-state index in [0.29, 0.717) is 24.7 Å². The Morgan fingerprint density at radius 3 is 2.18 bits per heavy atom. The molecule has 200 valence electrons. The lowest BCUT2D eigenvalue weighted by atomic mass is 10.2. The zero-order valence-corrected chi connectivity index (χ0v) is 22.0. The lowest BCUT2D eigenvalue weighted by Gasteiger charge is -2.08. The van der Waals surface area contributed by atoms with Gasteiger partial charge in [0.25, 0.3) is 0 Å². The molecule has 0 saturated carbocycles. The Kier molecular flexibility index (Phi) is 9.54. The van der Waals surface area contributed by atoms with Crippen molar-refractivity contribution in [3.05, 3.63) is 108 Å². The Morgan fingerprint density at radius 2 is 1.41 bits per heavy atom.